The zero-order chi connectivity index (χ0) is 14.2. The Morgan fingerprint density at radius 2 is 2.10 bits per heavy atom. The molecule has 3 heterocycles. The summed E-state index contributed by atoms with van der Waals surface area (Å²) in [4.78, 5) is 8.66. The molecule has 0 atom stereocenters. The van der Waals surface area contributed by atoms with Crippen LogP contribution in [0.25, 0.3) is 21.1 Å². The lowest BCUT2D eigenvalue weighted by Gasteiger charge is -2.05. The van der Waals surface area contributed by atoms with Gasteiger partial charge in [-0.15, -0.1) is 11.3 Å². The molecular weight excluding hydrogens is 282 g/mol. The lowest BCUT2D eigenvalue weighted by atomic mass is 10.2. The van der Waals surface area contributed by atoms with E-state index in [0.29, 0.717) is 12.5 Å². The van der Waals surface area contributed by atoms with Gasteiger partial charge in [0.15, 0.2) is 5.52 Å². The van der Waals surface area contributed by atoms with Crippen molar-refractivity contribution in [3.63, 3.8) is 0 Å². The first-order valence-electron chi connectivity index (χ1n) is 6.67. The van der Waals surface area contributed by atoms with E-state index in [1.54, 1.807) is 23.9 Å². The molecule has 0 fully saturated rings. The number of aromatic nitrogens is 3. The maximum atomic E-state index is 5.90. The van der Waals surface area contributed by atoms with Crippen molar-refractivity contribution in [2.24, 2.45) is 7.05 Å². The molecule has 0 saturated carbocycles. The largest absolute Gasteiger partial charge is 0.471 e. The van der Waals surface area contributed by atoms with Crippen molar-refractivity contribution >= 4 is 32.5 Å². The van der Waals surface area contributed by atoms with E-state index >= 15 is 0 Å². The average molecular weight is 295 g/mol. The minimum atomic E-state index is 0.507. The number of pyridine rings is 1. The topological polar surface area (TPSA) is 39.9 Å². The van der Waals surface area contributed by atoms with Gasteiger partial charge >= 0.3 is 0 Å². The first-order chi connectivity index (χ1) is 10.3. The second-order valence-corrected chi connectivity index (χ2v) is 5.80. The van der Waals surface area contributed by atoms with Gasteiger partial charge in [0.25, 0.3) is 0 Å². The van der Waals surface area contributed by atoms with Crippen LogP contribution < -0.4 is 4.74 Å². The van der Waals surface area contributed by atoms with Gasteiger partial charge in [-0.2, -0.15) is 0 Å². The van der Waals surface area contributed by atoms with E-state index in [0.717, 1.165) is 11.0 Å². The van der Waals surface area contributed by atoms with E-state index in [9.17, 15) is 0 Å². The van der Waals surface area contributed by atoms with Gasteiger partial charge in [-0.3, -0.25) is 0 Å². The number of ether oxygens (including phenoxy) is 1. The Morgan fingerprint density at radius 3 is 3.05 bits per heavy atom. The van der Waals surface area contributed by atoms with Crippen LogP contribution in [-0.2, 0) is 13.7 Å². The predicted molar refractivity (Wildman–Crippen MR) is 84.7 cm³/mol. The van der Waals surface area contributed by atoms with E-state index in [1.165, 1.54) is 15.6 Å². The fraction of sp³-hybridized carbons (Fsp3) is 0.125. The van der Waals surface area contributed by atoms with Crippen LogP contribution in [-0.4, -0.2) is 14.5 Å². The highest BCUT2D eigenvalue weighted by molar-refractivity contribution is 7.17. The maximum Gasteiger partial charge on any atom is 0.242 e. The number of nitrogens with zero attached hydrogens (tertiary/aromatic N) is 3. The Bertz CT molecular complexity index is 925. The normalized spacial score (nSPS) is 11.3. The van der Waals surface area contributed by atoms with Gasteiger partial charge in [-0.05, 0) is 22.9 Å². The number of hydrogen-bond acceptors (Lipinski definition) is 4. The molecule has 21 heavy (non-hydrogen) atoms. The number of benzene rings is 1. The number of thiophene rings is 1. The van der Waals surface area contributed by atoms with Crippen molar-refractivity contribution in [2.75, 3.05) is 0 Å². The van der Waals surface area contributed by atoms with Crippen LogP contribution in [0.15, 0.2) is 48.2 Å². The van der Waals surface area contributed by atoms with Crippen molar-refractivity contribution in [3.8, 4) is 5.88 Å². The molecular formula is C16H13N3OS. The van der Waals surface area contributed by atoms with Crippen LogP contribution in [0.3, 0.4) is 0 Å². The highest BCUT2D eigenvalue weighted by Crippen LogP contribution is 2.27. The summed E-state index contributed by atoms with van der Waals surface area (Å²) in [6.07, 6.45) is 3.53. The molecule has 0 aliphatic heterocycles. The fourth-order valence-corrected chi connectivity index (χ4v) is 3.38. The maximum absolute atomic E-state index is 5.90. The number of imidazole rings is 1. The summed E-state index contributed by atoms with van der Waals surface area (Å²) in [6, 6.07) is 10.3. The third kappa shape index (κ3) is 2.06. The molecule has 1 aromatic carbocycles. The molecule has 104 valence electrons. The summed E-state index contributed by atoms with van der Waals surface area (Å²) in [5.74, 6) is 0.586. The molecule has 0 bridgehead atoms. The van der Waals surface area contributed by atoms with E-state index in [1.807, 2.05) is 17.7 Å². The number of rotatable bonds is 3. The van der Waals surface area contributed by atoms with Crippen LogP contribution in [0, 0.1) is 0 Å². The molecule has 4 rings (SSSR count). The third-order valence-corrected chi connectivity index (χ3v) is 4.55. The number of hydrogen-bond donors (Lipinski definition) is 0. The molecule has 5 heteroatoms. The summed E-state index contributed by atoms with van der Waals surface area (Å²) >= 11 is 1.74. The quantitative estimate of drug-likeness (QED) is 0.578. The lowest BCUT2D eigenvalue weighted by Crippen LogP contribution is -1.97. The molecule has 0 amide bonds. The minimum Gasteiger partial charge on any atom is -0.471 e. The smallest absolute Gasteiger partial charge is 0.242 e. The van der Waals surface area contributed by atoms with Crippen LogP contribution in [0.2, 0.25) is 0 Å². The van der Waals surface area contributed by atoms with E-state index in [-0.39, 0.29) is 0 Å². The van der Waals surface area contributed by atoms with Crippen molar-refractivity contribution in [1.29, 1.82) is 0 Å². The van der Waals surface area contributed by atoms with Crippen LogP contribution in [0.5, 0.6) is 5.88 Å². The van der Waals surface area contributed by atoms with Gasteiger partial charge in [0.05, 0.1) is 11.8 Å². The zero-order valence-corrected chi connectivity index (χ0v) is 12.3. The molecule has 4 aromatic rings. The van der Waals surface area contributed by atoms with Gasteiger partial charge in [0.1, 0.15) is 6.61 Å². The van der Waals surface area contributed by atoms with E-state index in [2.05, 4.69) is 39.6 Å². The molecule has 0 spiro atoms. The summed E-state index contributed by atoms with van der Waals surface area (Å²) in [7, 11) is 1.96. The second kappa shape index (κ2) is 4.86. The molecule has 0 N–H and O–H groups in total. The Kier molecular flexibility index (Phi) is 2.86. The van der Waals surface area contributed by atoms with Gasteiger partial charge in [0.2, 0.25) is 5.88 Å². The van der Waals surface area contributed by atoms with Crippen molar-refractivity contribution in [1.82, 2.24) is 14.5 Å². The SMILES string of the molecule is Cn1cnc2c(OCc3csc4ccccc34)nccc21. The van der Waals surface area contributed by atoms with Crippen LogP contribution >= 0.6 is 11.3 Å². The monoisotopic (exact) mass is 295 g/mol. The summed E-state index contributed by atoms with van der Waals surface area (Å²) in [5, 5.41) is 3.39. The molecule has 0 aliphatic carbocycles. The number of fused-ring (bicyclic) bond motifs is 2. The Balaban J connectivity index is 1.66. The first kappa shape index (κ1) is 12.3. The average Bonchev–Trinajstić information content (AvgIpc) is 3.10. The Hall–Kier alpha value is -2.40. The van der Waals surface area contributed by atoms with Crippen LogP contribution in [0.4, 0.5) is 0 Å². The first-order valence-corrected chi connectivity index (χ1v) is 7.55. The molecule has 4 nitrogen and oxygen atoms in total. The van der Waals surface area contributed by atoms with Crippen molar-refractivity contribution < 1.29 is 4.74 Å². The highest BCUT2D eigenvalue weighted by atomic mass is 32.1. The molecule has 0 saturated heterocycles. The van der Waals surface area contributed by atoms with Gasteiger partial charge in [-0.25, -0.2) is 9.97 Å². The van der Waals surface area contributed by atoms with Crippen LogP contribution in [0.1, 0.15) is 5.56 Å². The second-order valence-electron chi connectivity index (χ2n) is 4.89. The molecule has 0 unspecified atom stereocenters. The molecule has 0 aliphatic rings. The summed E-state index contributed by atoms with van der Waals surface area (Å²) < 4.78 is 9.14. The van der Waals surface area contributed by atoms with Crippen molar-refractivity contribution in [2.45, 2.75) is 6.61 Å². The van der Waals surface area contributed by atoms with Crippen molar-refractivity contribution in [3.05, 3.63) is 53.8 Å². The zero-order valence-electron chi connectivity index (χ0n) is 11.5. The Labute approximate surface area is 125 Å². The molecule has 3 aromatic heterocycles. The standard InChI is InChI=1S/C16H13N3OS/c1-19-10-18-15-13(19)6-7-17-16(15)20-8-11-9-21-14-5-3-2-4-12(11)14/h2-7,9-10H,8H2,1H3. The highest BCUT2D eigenvalue weighted by Gasteiger charge is 2.10. The van der Waals surface area contributed by atoms with E-state index < -0.39 is 0 Å². The van der Waals surface area contributed by atoms with Gasteiger partial charge in [-0.1, -0.05) is 18.2 Å². The van der Waals surface area contributed by atoms with Gasteiger partial charge < -0.3 is 9.30 Å². The number of aryl methyl sites for hydroxylation is 1. The predicted octanol–water partition coefficient (Wildman–Crippen LogP) is 3.76. The fourth-order valence-electron chi connectivity index (χ4n) is 2.43. The summed E-state index contributed by atoms with van der Waals surface area (Å²) in [6.45, 7) is 0.507. The minimum absolute atomic E-state index is 0.507. The third-order valence-electron chi connectivity index (χ3n) is 3.53. The molecule has 0 radical (unpaired) electrons. The Morgan fingerprint density at radius 1 is 1.19 bits per heavy atom. The van der Waals surface area contributed by atoms with Gasteiger partial charge in [0, 0.05) is 23.5 Å². The van der Waals surface area contributed by atoms with E-state index in [4.69, 9.17) is 4.74 Å². The lowest BCUT2D eigenvalue weighted by molar-refractivity contribution is 0.299. The summed E-state index contributed by atoms with van der Waals surface area (Å²) in [5.41, 5.74) is 3.01.